The predicted octanol–water partition coefficient (Wildman–Crippen LogP) is 1.18. The highest BCUT2D eigenvalue weighted by Gasteiger charge is 2.34. The number of carbonyl (C=O) groups is 2. The van der Waals surface area contributed by atoms with Crippen molar-refractivity contribution in [2.24, 2.45) is 0 Å². The number of nitrogens with zero attached hydrogens (tertiary/aromatic N) is 2. The van der Waals surface area contributed by atoms with Crippen LogP contribution in [0.5, 0.6) is 0 Å². The Morgan fingerprint density at radius 2 is 2.00 bits per heavy atom. The summed E-state index contributed by atoms with van der Waals surface area (Å²) in [5.41, 5.74) is -1.02. The highest BCUT2D eigenvalue weighted by molar-refractivity contribution is 5.81. The van der Waals surface area contributed by atoms with Gasteiger partial charge in [0, 0.05) is 12.6 Å². The summed E-state index contributed by atoms with van der Waals surface area (Å²) in [4.78, 5) is 26.8. The predicted molar refractivity (Wildman–Crippen MR) is 69.4 cm³/mol. The standard InChI is InChI=1S/C13H24N2O3/c1-10-7-5-6-8-15(10)11(16)9-14(4)13(2,3)12(17)18/h10H,5-9H2,1-4H3,(H,17,18). The minimum absolute atomic E-state index is 0.0269. The number of aliphatic carboxylic acids is 1. The fraction of sp³-hybridized carbons (Fsp3) is 0.846. The molecule has 18 heavy (non-hydrogen) atoms. The summed E-state index contributed by atoms with van der Waals surface area (Å²) >= 11 is 0. The summed E-state index contributed by atoms with van der Waals surface area (Å²) in [5, 5.41) is 9.12. The van der Waals surface area contributed by atoms with Gasteiger partial charge in [-0.15, -0.1) is 0 Å². The molecule has 1 amide bonds. The molecule has 0 radical (unpaired) electrons. The van der Waals surface area contributed by atoms with E-state index in [2.05, 4.69) is 6.92 Å². The second-order valence-electron chi connectivity index (χ2n) is 5.65. The zero-order chi connectivity index (χ0) is 13.9. The molecule has 1 rings (SSSR count). The van der Waals surface area contributed by atoms with E-state index in [9.17, 15) is 9.59 Å². The van der Waals surface area contributed by atoms with Crippen LogP contribution in [0.25, 0.3) is 0 Å². The van der Waals surface area contributed by atoms with Crippen LogP contribution in [-0.2, 0) is 9.59 Å². The van der Waals surface area contributed by atoms with Crippen LogP contribution in [0.3, 0.4) is 0 Å². The number of rotatable bonds is 4. The molecule has 1 saturated heterocycles. The van der Waals surface area contributed by atoms with Crippen molar-refractivity contribution in [1.82, 2.24) is 9.80 Å². The molecule has 1 aliphatic rings. The quantitative estimate of drug-likeness (QED) is 0.820. The molecule has 1 aliphatic heterocycles. The summed E-state index contributed by atoms with van der Waals surface area (Å²) in [6, 6.07) is 0.271. The van der Waals surface area contributed by atoms with Crippen LogP contribution in [0.1, 0.15) is 40.0 Å². The Balaban J connectivity index is 2.61. The van der Waals surface area contributed by atoms with Gasteiger partial charge in [0.25, 0.3) is 0 Å². The van der Waals surface area contributed by atoms with Gasteiger partial charge in [-0.25, -0.2) is 0 Å². The third-order valence-electron chi connectivity index (χ3n) is 3.97. The van der Waals surface area contributed by atoms with Gasteiger partial charge >= 0.3 is 5.97 Å². The number of piperidine rings is 1. The molecule has 0 aliphatic carbocycles. The summed E-state index contributed by atoms with van der Waals surface area (Å²) in [7, 11) is 1.68. The fourth-order valence-corrected chi connectivity index (χ4v) is 2.12. The van der Waals surface area contributed by atoms with E-state index in [0.29, 0.717) is 0 Å². The highest BCUT2D eigenvalue weighted by atomic mass is 16.4. The maximum atomic E-state index is 12.2. The van der Waals surface area contributed by atoms with Gasteiger partial charge in [-0.1, -0.05) is 0 Å². The zero-order valence-electron chi connectivity index (χ0n) is 11.8. The molecule has 0 saturated carbocycles. The summed E-state index contributed by atoms with van der Waals surface area (Å²) in [6.07, 6.45) is 3.25. The summed E-state index contributed by atoms with van der Waals surface area (Å²) < 4.78 is 0. The first-order chi connectivity index (χ1) is 8.26. The Labute approximate surface area is 109 Å². The van der Waals surface area contributed by atoms with Crippen molar-refractivity contribution in [3.05, 3.63) is 0 Å². The van der Waals surface area contributed by atoms with Gasteiger partial charge in [0.2, 0.25) is 5.91 Å². The molecule has 0 aromatic heterocycles. The number of likely N-dealkylation sites (tertiary alicyclic amines) is 1. The average molecular weight is 256 g/mol. The molecule has 5 nitrogen and oxygen atoms in total. The minimum Gasteiger partial charge on any atom is -0.480 e. The van der Waals surface area contributed by atoms with E-state index in [1.54, 1.807) is 25.8 Å². The Morgan fingerprint density at radius 1 is 1.39 bits per heavy atom. The van der Waals surface area contributed by atoms with Gasteiger partial charge in [0.15, 0.2) is 0 Å². The molecule has 0 spiro atoms. The number of carboxylic acid groups (broad SMARTS) is 1. The lowest BCUT2D eigenvalue weighted by atomic mass is 10.0. The SMILES string of the molecule is CC1CCCCN1C(=O)CN(C)C(C)(C)C(=O)O. The molecule has 1 unspecified atom stereocenters. The molecule has 0 bridgehead atoms. The van der Waals surface area contributed by atoms with Crippen molar-refractivity contribution < 1.29 is 14.7 Å². The molecular weight excluding hydrogens is 232 g/mol. The third kappa shape index (κ3) is 3.22. The number of carboxylic acids is 1. The number of amides is 1. The first-order valence-corrected chi connectivity index (χ1v) is 6.51. The van der Waals surface area contributed by atoms with E-state index in [0.717, 1.165) is 19.4 Å². The van der Waals surface area contributed by atoms with E-state index in [1.165, 1.54) is 6.42 Å². The van der Waals surface area contributed by atoms with Gasteiger partial charge in [-0.3, -0.25) is 14.5 Å². The normalized spacial score (nSPS) is 21.2. The summed E-state index contributed by atoms with van der Waals surface area (Å²) in [6.45, 7) is 6.23. The maximum Gasteiger partial charge on any atom is 0.323 e. The lowest BCUT2D eigenvalue weighted by Crippen LogP contribution is -2.53. The van der Waals surface area contributed by atoms with Crippen LogP contribution in [0.15, 0.2) is 0 Å². The largest absolute Gasteiger partial charge is 0.480 e. The van der Waals surface area contributed by atoms with Crippen LogP contribution in [0, 0.1) is 0 Å². The molecule has 5 heteroatoms. The molecule has 1 heterocycles. The van der Waals surface area contributed by atoms with E-state index < -0.39 is 11.5 Å². The highest BCUT2D eigenvalue weighted by Crippen LogP contribution is 2.18. The Bertz CT molecular complexity index is 328. The van der Waals surface area contributed by atoms with Crippen LogP contribution >= 0.6 is 0 Å². The lowest BCUT2D eigenvalue weighted by Gasteiger charge is -2.37. The maximum absolute atomic E-state index is 12.2. The number of carbonyl (C=O) groups excluding carboxylic acids is 1. The number of hydrogen-bond donors (Lipinski definition) is 1. The van der Waals surface area contributed by atoms with E-state index in [1.807, 2.05) is 4.90 Å². The van der Waals surface area contributed by atoms with Crippen molar-refractivity contribution in [2.45, 2.75) is 51.6 Å². The smallest absolute Gasteiger partial charge is 0.323 e. The molecule has 0 aromatic rings. The van der Waals surface area contributed by atoms with Gasteiger partial charge < -0.3 is 10.0 Å². The molecule has 0 aromatic carbocycles. The van der Waals surface area contributed by atoms with Gasteiger partial charge in [-0.2, -0.15) is 0 Å². The average Bonchev–Trinajstić information content (AvgIpc) is 2.28. The van der Waals surface area contributed by atoms with Crippen molar-refractivity contribution in [3.8, 4) is 0 Å². The molecule has 1 atom stereocenters. The topological polar surface area (TPSA) is 60.9 Å². The van der Waals surface area contributed by atoms with Gasteiger partial charge in [0.05, 0.1) is 6.54 Å². The van der Waals surface area contributed by atoms with E-state index in [-0.39, 0.29) is 18.5 Å². The molecule has 1 N–H and O–H groups in total. The first kappa shape index (κ1) is 15.0. The van der Waals surface area contributed by atoms with Crippen molar-refractivity contribution in [1.29, 1.82) is 0 Å². The Kier molecular flexibility index (Phi) is 4.73. The monoisotopic (exact) mass is 256 g/mol. The summed E-state index contributed by atoms with van der Waals surface area (Å²) in [5.74, 6) is -0.886. The zero-order valence-corrected chi connectivity index (χ0v) is 11.8. The second-order valence-corrected chi connectivity index (χ2v) is 5.65. The second kappa shape index (κ2) is 5.69. The molecule has 1 fully saturated rings. The van der Waals surface area contributed by atoms with Crippen LogP contribution in [0.4, 0.5) is 0 Å². The molecular formula is C13H24N2O3. The van der Waals surface area contributed by atoms with E-state index in [4.69, 9.17) is 5.11 Å². The van der Waals surface area contributed by atoms with Gasteiger partial charge in [0.1, 0.15) is 5.54 Å². The Morgan fingerprint density at radius 3 is 2.50 bits per heavy atom. The third-order valence-corrected chi connectivity index (χ3v) is 3.97. The first-order valence-electron chi connectivity index (χ1n) is 6.51. The van der Waals surface area contributed by atoms with Crippen LogP contribution in [0.2, 0.25) is 0 Å². The Hall–Kier alpha value is -1.10. The van der Waals surface area contributed by atoms with E-state index >= 15 is 0 Å². The van der Waals surface area contributed by atoms with Crippen molar-refractivity contribution in [2.75, 3.05) is 20.1 Å². The molecule has 104 valence electrons. The lowest BCUT2D eigenvalue weighted by molar-refractivity contribution is -0.150. The fourth-order valence-electron chi connectivity index (χ4n) is 2.12. The van der Waals surface area contributed by atoms with Crippen molar-refractivity contribution in [3.63, 3.8) is 0 Å². The number of likely N-dealkylation sites (N-methyl/N-ethyl adjacent to an activating group) is 1. The van der Waals surface area contributed by atoms with Crippen LogP contribution < -0.4 is 0 Å². The van der Waals surface area contributed by atoms with Crippen molar-refractivity contribution >= 4 is 11.9 Å². The van der Waals surface area contributed by atoms with Gasteiger partial charge in [-0.05, 0) is 47.1 Å². The minimum atomic E-state index is -1.02. The van der Waals surface area contributed by atoms with Crippen LogP contribution in [-0.4, -0.2) is 58.5 Å². The number of hydrogen-bond acceptors (Lipinski definition) is 3.